The summed E-state index contributed by atoms with van der Waals surface area (Å²) in [6, 6.07) is 2.20. The van der Waals surface area contributed by atoms with Crippen LogP contribution in [0.1, 0.15) is 32.1 Å². The average molecular weight is 387 g/mol. The summed E-state index contributed by atoms with van der Waals surface area (Å²) in [5.41, 5.74) is 0. The normalized spacial score (nSPS) is 24.1. The molecule has 1 atom stereocenters. The Bertz CT molecular complexity index is 671. The Morgan fingerprint density at radius 3 is 2.54 bits per heavy atom. The van der Waals surface area contributed by atoms with Gasteiger partial charge >= 0.3 is 0 Å². The summed E-state index contributed by atoms with van der Waals surface area (Å²) in [6.07, 6.45) is 8.51. The Morgan fingerprint density at radius 2 is 1.82 bits per heavy atom. The summed E-state index contributed by atoms with van der Waals surface area (Å²) in [4.78, 5) is 39.9. The number of hydrogen-bond acceptors (Lipinski definition) is 6. The summed E-state index contributed by atoms with van der Waals surface area (Å²) in [7, 11) is 0. The van der Waals surface area contributed by atoms with Gasteiger partial charge in [0.2, 0.25) is 17.8 Å². The maximum absolute atomic E-state index is 12.5. The summed E-state index contributed by atoms with van der Waals surface area (Å²) in [5, 5.41) is 3.05. The first kappa shape index (κ1) is 19.1. The molecule has 1 aromatic rings. The Balaban J connectivity index is 1.16. The standard InChI is InChI=1S/C20H30N6O2/c27-18-14-16(15-26(18)17-4-1-2-5-17)19(28)21-8-9-24-10-12-25(13-11-24)20-22-6-3-7-23-20/h3,6-7,16-17H,1-2,4-5,8-15H2,(H,21,28). The fourth-order valence-corrected chi connectivity index (χ4v) is 4.58. The zero-order valence-corrected chi connectivity index (χ0v) is 16.4. The van der Waals surface area contributed by atoms with Gasteiger partial charge in [-0.25, -0.2) is 9.97 Å². The van der Waals surface area contributed by atoms with Crippen LogP contribution in [0.5, 0.6) is 0 Å². The fourth-order valence-electron chi connectivity index (χ4n) is 4.58. The van der Waals surface area contributed by atoms with Crippen molar-refractivity contribution in [2.24, 2.45) is 5.92 Å². The minimum Gasteiger partial charge on any atom is -0.355 e. The number of hydrogen-bond donors (Lipinski definition) is 1. The van der Waals surface area contributed by atoms with Crippen molar-refractivity contribution >= 4 is 17.8 Å². The van der Waals surface area contributed by atoms with E-state index in [-0.39, 0.29) is 17.7 Å². The van der Waals surface area contributed by atoms with Gasteiger partial charge in [0.1, 0.15) is 0 Å². The molecule has 0 aromatic carbocycles. The van der Waals surface area contributed by atoms with Gasteiger partial charge in [-0.3, -0.25) is 14.5 Å². The monoisotopic (exact) mass is 386 g/mol. The van der Waals surface area contributed by atoms with Crippen LogP contribution in [0.3, 0.4) is 0 Å². The van der Waals surface area contributed by atoms with Gasteiger partial charge in [0.15, 0.2) is 0 Å². The first-order chi connectivity index (χ1) is 13.7. The Morgan fingerprint density at radius 1 is 1.11 bits per heavy atom. The molecule has 3 fully saturated rings. The lowest BCUT2D eigenvalue weighted by Crippen LogP contribution is -2.49. The predicted octanol–water partition coefficient (Wildman–Crippen LogP) is 0.506. The van der Waals surface area contributed by atoms with Crippen molar-refractivity contribution in [3.63, 3.8) is 0 Å². The van der Waals surface area contributed by atoms with Crippen LogP contribution in [0.2, 0.25) is 0 Å². The number of nitrogens with one attached hydrogen (secondary N) is 1. The quantitative estimate of drug-likeness (QED) is 0.767. The van der Waals surface area contributed by atoms with Crippen molar-refractivity contribution < 1.29 is 9.59 Å². The van der Waals surface area contributed by atoms with Crippen LogP contribution in [-0.4, -0.2) is 83.4 Å². The molecule has 2 aliphatic heterocycles. The number of likely N-dealkylation sites (tertiary alicyclic amines) is 1. The van der Waals surface area contributed by atoms with E-state index < -0.39 is 0 Å². The van der Waals surface area contributed by atoms with Crippen molar-refractivity contribution in [1.29, 1.82) is 0 Å². The minimum absolute atomic E-state index is 0.0326. The molecular formula is C20H30N6O2. The van der Waals surface area contributed by atoms with Gasteiger partial charge in [0, 0.05) is 70.7 Å². The molecule has 8 nitrogen and oxygen atoms in total. The number of amides is 2. The second-order valence-corrected chi connectivity index (χ2v) is 8.05. The number of anilines is 1. The highest BCUT2D eigenvalue weighted by molar-refractivity contribution is 5.89. The van der Waals surface area contributed by atoms with Crippen LogP contribution >= 0.6 is 0 Å². The fraction of sp³-hybridized carbons (Fsp3) is 0.700. The third-order valence-corrected chi connectivity index (χ3v) is 6.23. The molecule has 8 heteroatoms. The Hall–Kier alpha value is -2.22. The highest BCUT2D eigenvalue weighted by Gasteiger charge is 2.38. The van der Waals surface area contributed by atoms with E-state index in [1.54, 1.807) is 12.4 Å². The van der Waals surface area contributed by atoms with Crippen LogP contribution in [0.25, 0.3) is 0 Å². The SMILES string of the molecule is O=C(NCCN1CCN(c2ncccn2)CC1)C1CC(=O)N(C2CCCC2)C1. The smallest absolute Gasteiger partial charge is 0.225 e. The number of piperazine rings is 1. The van der Waals surface area contributed by atoms with E-state index in [1.807, 2.05) is 11.0 Å². The average Bonchev–Trinajstić information content (AvgIpc) is 3.39. The van der Waals surface area contributed by atoms with E-state index in [1.165, 1.54) is 12.8 Å². The van der Waals surface area contributed by atoms with Crippen LogP contribution in [-0.2, 0) is 9.59 Å². The predicted molar refractivity (Wildman–Crippen MR) is 106 cm³/mol. The van der Waals surface area contributed by atoms with Gasteiger partial charge in [-0.05, 0) is 18.9 Å². The lowest BCUT2D eigenvalue weighted by molar-refractivity contribution is -0.130. The second kappa shape index (κ2) is 8.86. The summed E-state index contributed by atoms with van der Waals surface area (Å²) >= 11 is 0. The molecule has 1 aliphatic carbocycles. The minimum atomic E-state index is -0.180. The highest BCUT2D eigenvalue weighted by Crippen LogP contribution is 2.29. The van der Waals surface area contributed by atoms with Gasteiger partial charge in [-0.15, -0.1) is 0 Å². The molecule has 0 bridgehead atoms. The van der Waals surface area contributed by atoms with E-state index in [2.05, 4.69) is 25.1 Å². The van der Waals surface area contributed by atoms with Crippen molar-refractivity contribution in [1.82, 2.24) is 25.1 Å². The molecule has 2 saturated heterocycles. The van der Waals surface area contributed by atoms with Crippen LogP contribution in [0.15, 0.2) is 18.5 Å². The van der Waals surface area contributed by atoms with Gasteiger partial charge in [-0.2, -0.15) is 0 Å². The van der Waals surface area contributed by atoms with Gasteiger partial charge in [0.05, 0.1) is 5.92 Å². The molecule has 3 aliphatic rings. The van der Waals surface area contributed by atoms with E-state index in [4.69, 9.17) is 0 Å². The number of nitrogens with zero attached hydrogens (tertiary/aromatic N) is 5. The van der Waals surface area contributed by atoms with E-state index >= 15 is 0 Å². The molecule has 1 unspecified atom stereocenters. The molecular weight excluding hydrogens is 356 g/mol. The number of aromatic nitrogens is 2. The zero-order valence-electron chi connectivity index (χ0n) is 16.4. The summed E-state index contributed by atoms with van der Waals surface area (Å²) in [5.74, 6) is 0.796. The topological polar surface area (TPSA) is 81.7 Å². The summed E-state index contributed by atoms with van der Waals surface area (Å²) < 4.78 is 0. The van der Waals surface area contributed by atoms with E-state index in [9.17, 15) is 9.59 Å². The molecule has 0 spiro atoms. The molecule has 28 heavy (non-hydrogen) atoms. The molecule has 152 valence electrons. The first-order valence-corrected chi connectivity index (χ1v) is 10.5. The molecule has 0 radical (unpaired) electrons. The van der Waals surface area contributed by atoms with E-state index in [0.717, 1.165) is 51.5 Å². The maximum Gasteiger partial charge on any atom is 0.225 e. The third kappa shape index (κ3) is 4.43. The number of rotatable bonds is 6. The first-order valence-electron chi connectivity index (χ1n) is 10.5. The zero-order chi connectivity index (χ0) is 19.3. The molecule has 4 rings (SSSR count). The molecule has 3 heterocycles. The number of carbonyl (C=O) groups is 2. The molecule has 1 N–H and O–H groups in total. The molecule has 2 amide bonds. The van der Waals surface area contributed by atoms with Crippen molar-refractivity contribution in [2.45, 2.75) is 38.1 Å². The van der Waals surface area contributed by atoms with Gasteiger partial charge in [0.25, 0.3) is 0 Å². The second-order valence-electron chi connectivity index (χ2n) is 8.05. The number of carbonyl (C=O) groups excluding carboxylic acids is 2. The van der Waals surface area contributed by atoms with Gasteiger partial charge < -0.3 is 15.1 Å². The Kier molecular flexibility index (Phi) is 6.04. The molecule has 1 saturated carbocycles. The Labute approximate surface area is 166 Å². The van der Waals surface area contributed by atoms with Crippen molar-refractivity contribution in [3.05, 3.63) is 18.5 Å². The lowest BCUT2D eigenvalue weighted by atomic mass is 10.1. The lowest BCUT2D eigenvalue weighted by Gasteiger charge is -2.34. The maximum atomic E-state index is 12.5. The van der Waals surface area contributed by atoms with Crippen molar-refractivity contribution in [2.75, 3.05) is 50.7 Å². The molecule has 1 aromatic heterocycles. The largest absolute Gasteiger partial charge is 0.355 e. The van der Waals surface area contributed by atoms with Crippen LogP contribution < -0.4 is 10.2 Å². The third-order valence-electron chi connectivity index (χ3n) is 6.23. The van der Waals surface area contributed by atoms with Crippen LogP contribution in [0.4, 0.5) is 5.95 Å². The summed E-state index contributed by atoms with van der Waals surface area (Å²) in [6.45, 7) is 5.73. The van der Waals surface area contributed by atoms with E-state index in [0.29, 0.717) is 25.6 Å². The van der Waals surface area contributed by atoms with Crippen LogP contribution in [0, 0.1) is 5.92 Å². The van der Waals surface area contributed by atoms with Gasteiger partial charge in [-0.1, -0.05) is 12.8 Å². The van der Waals surface area contributed by atoms with Crippen molar-refractivity contribution in [3.8, 4) is 0 Å². The highest BCUT2D eigenvalue weighted by atomic mass is 16.2.